The highest BCUT2D eigenvalue weighted by Crippen LogP contribution is 2.22. The maximum Gasteiger partial charge on any atom is 0.189 e. The molecule has 0 radical (unpaired) electrons. The number of carbonyl (C=O) groups excluding carboxylic acids is 1. The first kappa shape index (κ1) is 11.1. The number of aliphatic hydroxyl groups is 1. The molecule has 2 rings (SSSR count). The third-order valence-electron chi connectivity index (χ3n) is 2.44. The largest absolute Gasteiger partial charge is 0.515 e. The van der Waals surface area contributed by atoms with Gasteiger partial charge < -0.3 is 9.84 Å². The fourth-order valence-corrected chi connectivity index (χ4v) is 1.62. The van der Waals surface area contributed by atoms with E-state index in [1.165, 1.54) is 0 Å². The van der Waals surface area contributed by atoms with Crippen molar-refractivity contribution < 1.29 is 14.6 Å². The fraction of sp³-hybridized carbons (Fsp3) is 0.0769. The minimum Gasteiger partial charge on any atom is -0.515 e. The number of fused-ring (bicyclic) bond motifs is 1. The molecule has 17 heavy (non-hydrogen) atoms. The summed E-state index contributed by atoms with van der Waals surface area (Å²) in [6.45, 7) is 0. The van der Waals surface area contributed by atoms with Gasteiger partial charge in [0.25, 0.3) is 0 Å². The Bertz CT molecular complexity index is 590. The van der Waals surface area contributed by atoms with Crippen LogP contribution in [0.3, 0.4) is 0 Å². The quantitative estimate of drug-likeness (QED) is 0.499. The molecule has 0 aliphatic rings. The summed E-state index contributed by atoms with van der Waals surface area (Å²) in [5.41, 5.74) is 1.20. The van der Waals surface area contributed by atoms with Crippen molar-refractivity contribution in [3.05, 3.63) is 48.4 Å². The number of nitrogens with zero attached hydrogens (tertiary/aromatic N) is 1. The molecule has 0 atom stereocenters. The van der Waals surface area contributed by atoms with Gasteiger partial charge in [0.05, 0.1) is 18.9 Å². The van der Waals surface area contributed by atoms with Gasteiger partial charge in [0, 0.05) is 23.2 Å². The molecule has 1 aromatic heterocycles. The number of aliphatic hydroxyl groups excluding tert-OH is 1. The van der Waals surface area contributed by atoms with Gasteiger partial charge in [-0.05, 0) is 24.3 Å². The van der Waals surface area contributed by atoms with Gasteiger partial charge in [-0.2, -0.15) is 0 Å². The highest BCUT2D eigenvalue weighted by molar-refractivity contribution is 6.12. The van der Waals surface area contributed by atoms with Crippen molar-refractivity contribution in [2.45, 2.75) is 0 Å². The van der Waals surface area contributed by atoms with Gasteiger partial charge in [-0.3, -0.25) is 9.78 Å². The Hall–Kier alpha value is -2.36. The zero-order valence-corrected chi connectivity index (χ0v) is 9.25. The number of ketones is 1. The number of hydrogen-bond acceptors (Lipinski definition) is 4. The number of methoxy groups -OCH3 is 1. The number of carbonyl (C=O) groups is 1. The number of pyridine rings is 1. The van der Waals surface area contributed by atoms with Crippen LogP contribution in [0.1, 0.15) is 10.4 Å². The van der Waals surface area contributed by atoms with E-state index in [2.05, 4.69) is 4.98 Å². The number of aromatic nitrogens is 1. The smallest absolute Gasteiger partial charge is 0.189 e. The van der Waals surface area contributed by atoms with E-state index in [0.717, 1.165) is 12.3 Å². The molecule has 4 heteroatoms. The maximum atomic E-state index is 11.7. The zero-order valence-electron chi connectivity index (χ0n) is 9.25. The second-order valence-electron chi connectivity index (χ2n) is 3.42. The summed E-state index contributed by atoms with van der Waals surface area (Å²) in [7, 11) is 1.56. The fourth-order valence-electron chi connectivity index (χ4n) is 1.62. The average molecular weight is 229 g/mol. The van der Waals surface area contributed by atoms with E-state index in [1.807, 2.05) is 0 Å². The highest BCUT2D eigenvalue weighted by Gasteiger charge is 2.08. The predicted molar refractivity (Wildman–Crippen MR) is 64.4 cm³/mol. The maximum absolute atomic E-state index is 11.7. The Morgan fingerprint density at radius 3 is 2.94 bits per heavy atom. The molecule has 0 saturated heterocycles. The summed E-state index contributed by atoms with van der Waals surface area (Å²) < 4.78 is 5.11. The van der Waals surface area contributed by atoms with Crippen LogP contribution in [0.4, 0.5) is 0 Å². The molecule has 0 unspecified atom stereocenters. The summed E-state index contributed by atoms with van der Waals surface area (Å²) in [6, 6.07) is 6.93. The Balaban J connectivity index is 2.66. The molecule has 0 spiro atoms. The summed E-state index contributed by atoms with van der Waals surface area (Å²) in [5, 5.41) is 9.33. The molecule has 0 bridgehead atoms. The van der Waals surface area contributed by atoms with E-state index >= 15 is 0 Å². The molecule has 86 valence electrons. The molecular formula is C13H11NO3. The minimum atomic E-state index is -0.270. The number of rotatable bonds is 3. The highest BCUT2D eigenvalue weighted by atomic mass is 16.5. The Morgan fingerprint density at radius 1 is 1.41 bits per heavy atom. The number of allylic oxidation sites excluding steroid dienone is 1. The molecule has 4 nitrogen and oxygen atoms in total. The van der Waals surface area contributed by atoms with Crippen LogP contribution in [0.5, 0.6) is 5.75 Å². The normalized spacial score (nSPS) is 10.9. The van der Waals surface area contributed by atoms with E-state index in [4.69, 9.17) is 9.84 Å². The molecule has 0 fully saturated rings. The van der Waals surface area contributed by atoms with Crippen molar-refractivity contribution in [2.24, 2.45) is 0 Å². The second kappa shape index (κ2) is 4.65. The van der Waals surface area contributed by atoms with Gasteiger partial charge in [-0.1, -0.05) is 0 Å². The Kier molecular flexibility index (Phi) is 3.05. The zero-order chi connectivity index (χ0) is 12.3. The third kappa shape index (κ3) is 2.10. The van der Waals surface area contributed by atoms with Gasteiger partial charge in [-0.15, -0.1) is 0 Å². The first-order valence-corrected chi connectivity index (χ1v) is 5.04. The van der Waals surface area contributed by atoms with Crippen LogP contribution in [0.25, 0.3) is 10.9 Å². The summed E-state index contributed by atoms with van der Waals surface area (Å²) in [5.74, 6) is 0.390. The monoisotopic (exact) mass is 229 g/mol. The topological polar surface area (TPSA) is 59.4 Å². The Morgan fingerprint density at radius 2 is 2.24 bits per heavy atom. The number of benzene rings is 1. The van der Waals surface area contributed by atoms with Crippen LogP contribution in [-0.2, 0) is 0 Å². The third-order valence-corrected chi connectivity index (χ3v) is 2.44. The van der Waals surface area contributed by atoms with Gasteiger partial charge in [0.1, 0.15) is 5.75 Å². The van der Waals surface area contributed by atoms with Crippen molar-refractivity contribution in [3.8, 4) is 5.75 Å². The summed E-state index contributed by atoms with van der Waals surface area (Å²) in [4.78, 5) is 15.9. The molecule has 0 aliphatic carbocycles. The van der Waals surface area contributed by atoms with Crippen molar-refractivity contribution in [1.29, 1.82) is 0 Å². The first-order chi connectivity index (χ1) is 8.26. The molecule has 1 N–H and O–H groups in total. The lowest BCUT2D eigenvalue weighted by molar-refractivity contribution is 0.104. The molecular weight excluding hydrogens is 218 g/mol. The van der Waals surface area contributed by atoms with Crippen molar-refractivity contribution in [2.75, 3.05) is 7.11 Å². The van der Waals surface area contributed by atoms with Crippen LogP contribution in [0, 0.1) is 0 Å². The molecule has 0 saturated carbocycles. The van der Waals surface area contributed by atoms with E-state index in [1.54, 1.807) is 37.6 Å². The van der Waals surface area contributed by atoms with Gasteiger partial charge in [0.2, 0.25) is 0 Å². The van der Waals surface area contributed by atoms with E-state index < -0.39 is 0 Å². The molecule has 0 amide bonds. The van der Waals surface area contributed by atoms with E-state index in [-0.39, 0.29) is 5.78 Å². The summed E-state index contributed by atoms with van der Waals surface area (Å²) >= 11 is 0. The molecule has 2 aromatic rings. The SMILES string of the molecule is COc1ccc2nccc(C(=O)C=CO)c2c1. The van der Waals surface area contributed by atoms with Gasteiger partial charge in [-0.25, -0.2) is 0 Å². The van der Waals surface area contributed by atoms with Crippen molar-refractivity contribution in [3.63, 3.8) is 0 Å². The van der Waals surface area contributed by atoms with Crippen molar-refractivity contribution in [1.82, 2.24) is 4.98 Å². The van der Waals surface area contributed by atoms with E-state index in [9.17, 15) is 4.79 Å². The van der Waals surface area contributed by atoms with Crippen molar-refractivity contribution >= 4 is 16.7 Å². The lowest BCUT2D eigenvalue weighted by Gasteiger charge is -2.05. The molecule has 0 aliphatic heterocycles. The van der Waals surface area contributed by atoms with Crippen LogP contribution in [0.15, 0.2) is 42.8 Å². The van der Waals surface area contributed by atoms with Gasteiger partial charge >= 0.3 is 0 Å². The number of hydrogen-bond donors (Lipinski definition) is 1. The van der Waals surface area contributed by atoms with Crippen LogP contribution >= 0.6 is 0 Å². The first-order valence-electron chi connectivity index (χ1n) is 5.04. The predicted octanol–water partition coefficient (Wildman–Crippen LogP) is 2.50. The number of ether oxygens (including phenoxy) is 1. The lowest BCUT2D eigenvalue weighted by atomic mass is 10.1. The van der Waals surface area contributed by atoms with Gasteiger partial charge in [0.15, 0.2) is 5.78 Å². The van der Waals surface area contributed by atoms with E-state index in [0.29, 0.717) is 22.2 Å². The standard InChI is InChI=1S/C13H11NO3/c1-17-9-2-3-12-11(8-9)10(4-6-14-12)13(16)5-7-15/h2-8,15H,1H3. The van der Waals surface area contributed by atoms with Crippen LogP contribution in [-0.4, -0.2) is 23.0 Å². The van der Waals surface area contributed by atoms with Crippen LogP contribution < -0.4 is 4.74 Å². The summed E-state index contributed by atoms with van der Waals surface area (Å²) in [6.07, 6.45) is 3.40. The second-order valence-corrected chi connectivity index (χ2v) is 3.42. The average Bonchev–Trinajstić information content (AvgIpc) is 2.37. The van der Waals surface area contributed by atoms with Crippen LogP contribution in [0.2, 0.25) is 0 Å². The molecule has 1 aromatic carbocycles. The minimum absolute atomic E-state index is 0.270. The Labute approximate surface area is 98.2 Å². The lowest BCUT2D eigenvalue weighted by Crippen LogP contribution is -1.97. The molecule has 1 heterocycles.